The van der Waals surface area contributed by atoms with Gasteiger partial charge in [0.1, 0.15) is 12.4 Å². The van der Waals surface area contributed by atoms with Gasteiger partial charge in [-0.3, -0.25) is 0 Å². The fourth-order valence-corrected chi connectivity index (χ4v) is 2.52. The van der Waals surface area contributed by atoms with Crippen LogP contribution in [0.3, 0.4) is 0 Å². The van der Waals surface area contributed by atoms with Gasteiger partial charge in [0.2, 0.25) is 0 Å². The molecule has 4 rings (SSSR count). The minimum atomic E-state index is -1.11. The number of halogens is 1. The molecule has 0 unspecified atom stereocenters. The van der Waals surface area contributed by atoms with Gasteiger partial charge in [0.15, 0.2) is 0 Å². The number of rotatable bonds is 3. The first-order valence-electron chi connectivity index (χ1n) is 7.05. The summed E-state index contributed by atoms with van der Waals surface area (Å²) in [5.41, 5.74) is 7.88. The summed E-state index contributed by atoms with van der Waals surface area (Å²) in [6.45, 7) is 2.58. The van der Waals surface area contributed by atoms with E-state index in [1.54, 1.807) is 0 Å². The molecule has 2 heterocycles. The molecule has 2 aliphatic rings. The molecule has 2 aliphatic heterocycles. The number of carboxylic acid groups (broad SMARTS) is 2. The van der Waals surface area contributed by atoms with Crippen molar-refractivity contribution in [3.05, 3.63) is 63.2 Å². The predicted octanol–water partition coefficient (Wildman–Crippen LogP) is 3.08. The molecule has 0 aromatic heterocycles. The Hall–Kier alpha value is -2.57. The molecule has 0 atom stereocenters. The first kappa shape index (κ1) is 17.8. The van der Waals surface area contributed by atoms with Gasteiger partial charge in [-0.25, -0.2) is 9.59 Å². The van der Waals surface area contributed by atoms with E-state index in [9.17, 15) is 9.59 Å². The average Bonchev–Trinajstić information content (AvgIpc) is 2.55. The second kappa shape index (κ2) is 7.33. The van der Waals surface area contributed by atoms with Gasteiger partial charge < -0.3 is 20.7 Å². The molecule has 0 aliphatic carbocycles. The van der Waals surface area contributed by atoms with Crippen molar-refractivity contribution in [1.82, 2.24) is 0 Å². The van der Waals surface area contributed by atoms with Crippen molar-refractivity contribution in [2.24, 2.45) is 5.73 Å². The first-order chi connectivity index (χ1) is 11.3. The molecule has 4 N–H and O–H groups in total. The number of benzene rings is 2. The Balaban J connectivity index is 0.000000175. The van der Waals surface area contributed by atoms with Crippen LogP contribution >= 0.6 is 11.6 Å². The van der Waals surface area contributed by atoms with Crippen molar-refractivity contribution < 1.29 is 24.5 Å². The highest BCUT2D eigenvalue weighted by molar-refractivity contribution is 6.31. The van der Waals surface area contributed by atoms with E-state index in [-0.39, 0.29) is 16.7 Å². The number of carboxylic acids is 2. The van der Waals surface area contributed by atoms with Crippen molar-refractivity contribution in [1.29, 1.82) is 0 Å². The molecule has 0 radical (unpaired) electrons. The van der Waals surface area contributed by atoms with Crippen LogP contribution in [0.15, 0.2) is 30.3 Å². The Morgan fingerprint density at radius 2 is 1.79 bits per heavy atom. The molecular formula is C17H16ClNO5. The standard InChI is InChI=1S/C9H8O4.C8H8ClNO/c1-5-6(8(10)11)3-2-4-7(5)9(12)13;9-7-2-8-5(3-10)1-6(7)4-11-8/h2-4H,1H3,(H,10,11)(H,12,13);1-2H,3-4,10H2. The molecule has 0 amide bonds. The maximum atomic E-state index is 10.6. The molecule has 0 saturated carbocycles. The normalized spacial score (nSPS) is 11.3. The van der Waals surface area contributed by atoms with Crippen molar-refractivity contribution in [3.63, 3.8) is 0 Å². The van der Waals surface area contributed by atoms with E-state index in [0.717, 1.165) is 21.9 Å². The van der Waals surface area contributed by atoms with Crippen molar-refractivity contribution in [2.45, 2.75) is 20.1 Å². The lowest BCUT2D eigenvalue weighted by Gasteiger charge is -2.19. The van der Waals surface area contributed by atoms with E-state index < -0.39 is 11.9 Å². The lowest BCUT2D eigenvalue weighted by molar-refractivity contribution is 0.0696. The van der Waals surface area contributed by atoms with Crippen LogP contribution in [0.25, 0.3) is 0 Å². The minimum Gasteiger partial charge on any atom is -0.488 e. The molecule has 0 spiro atoms. The van der Waals surface area contributed by atoms with Gasteiger partial charge in [-0.15, -0.1) is 0 Å². The van der Waals surface area contributed by atoms with Crippen molar-refractivity contribution >= 4 is 23.5 Å². The monoisotopic (exact) mass is 349 g/mol. The molecule has 6 nitrogen and oxygen atoms in total. The number of aromatic carboxylic acids is 2. The minimum absolute atomic E-state index is 0.0277. The van der Waals surface area contributed by atoms with E-state index in [0.29, 0.717) is 13.2 Å². The predicted molar refractivity (Wildman–Crippen MR) is 88.8 cm³/mol. The van der Waals surface area contributed by atoms with Crippen LogP contribution in [0.1, 0.15) is 37.4 Å². The van der Waals surface area contributed by atoms with E-state index in [2.05, 4.69) is 0 Å². The summed E-state index contributed by atoms with van der Waals surface area (Å²) in [5, 5.41) is 18.1. The van der Waals surface area contributed by atoms with Gasteiger partial charge in [-0.1, -0.05) is 17.7 Å². The van der Waals surface area contributed by atoms with Crippen LogP contribution in [0.5, 0.6) is 5.75 Å². The average molecular weight is 350 g/mol. The Kier molecular flexibility index (Phi) is 5.43. The van der Waals surface area contributed by atoms with Gasteiger partial charge >= 0.3 is 11.9 Å². The second-order valence-corrected chi connectivity index (χ2v) is 5.54. The SMILES string of the molecule is Cc1c(C(=O)O)cccc1C(=O)O.NCc1cc2c(Cl)cc1OC2. The second-order valence-electron chi connectivity index (χ2n) is 5.13. The van der Waals surface area contributed by atoms with Gasteiger partial charge in [-0.05, 0) is 36.8 Å². The molecule has 24 heavy (non-hydrogen) atoms. The summed E-state index contributed by atoms with van der Waals surface area (Å²) in [4.78, 5) is 21.2. The van der Waals surface area contributed by atoms with E-state index in [1.165, 1.54) is 25.1 Å². The fraction of sp³-hybridized carbons (Fsp3) is 0.176. The zero-order valence-corrected chi connectivity index (χ0v) is 13.6. The van der Waals surface area contributed by atoms with Crippen molar-refractivity contribution in [3.8, 4) is 5.75 Å². The van der Waals surface area contributed by atoms with Crippen LogP contribution in [0.4, 0.5) is 0 Å². The van der Waals surface area contributed by atoms with E-state index >= 15 is 0 Å². The highest BCUT2D eigenvalue weighted by Crippen LogP contribution is 2.32. The first-order valence-corrected chi connectivity index (χ1v) is 7.43. The number of ether oxygens (including phenoxy) is 1. The van der Waals surface area contributed by atoms with Gasteiger partial charge in [-0.2, -0.15) is 0 Å². The molecule has 7 heteroatoms. The van der Waals surface area contributed by atoms with Gasteiger partial charge in [0, 0.05) is 17.7 Å². The third kappa shape index (κ3) is 3.67. The molecule has 2 aromatic rings. The highest BCUT2D eigenvalue weighted by Gasteiger charge is 2.15. The largest absolute Gasteiger partial charge is 0.488 e. The zero-order chi connectivity index (χ0) is 17.9. The maximum absolute atomic E-state index is 10.6. The summed E-state index contributed by atoms with van der Waals surface area (Å²) >= 11 is 5.87. The van der Waals surface area contributed by atoms with Gasteiger partial charge in [0.05, 0.1) is 16.1 Å². The third-order valence-electron chi connectivity index (χ3n) is 3.63. The number of hydrogen-bond acceptors (Lipinski definition) is 4. The summed E-state index contributed by atoms with van der Waals surface area (Å²) in [6, 6.07) is 8.00. The Bertz CT molecular complexity index is 772. The summed E-state index contributed by atoms with van der Waals surface area (Å²) < 4.78 is 5.32. The fourth-order valence-electron chi connectivity index (χ4n) is 2.31. The number of fused-ring (bicyclic) bond motifs is 3. The quantitative estimate of drug-likeness (QED) is 0.785. The summed E-state index contributed by atoms with van der Waals surface area (Å²) in [5.74, 6) is -1.39. The smallest absolute Gasteiger partial charge is 0.335 e. The van der Waals surface area contributed by atoms with Gasteiger partial charge in [0.25, 0.3) is 0 Å². The zero-order valence-electron chi connectivity index (χ0n) is 12.9. The Morgan fingerprint density at radius 1 is 1.21 bits per heavy atom. The summed E-state index contributed by atoms with van der Waals surface area (Å²) in [6.07, 6.45) is 0. The van der Waals surface area contributed by atoms with Crippen LogP contribution < -0.4 is 10.5 Å². The van der Waals surface area contributed by atoms with Crippen LogP contribution in [0.2, 0.25) is 5.02 Å². The number of hydrogen-bond donors (Lipinski definition) is 3. The maximum Gasteiger partial charge on any atom is 0.335 e. The van der Waals surface area contributed by atoms with E-state index in [4.69, 9.17) is 32.3 Å². The molecular weight excluding hydrogens is 334 g/mol. The van der Waals surface area contributed by atoms with Crippen molar-refractivity contribution in [2.75, 3.05) is 0 Å². The Labute approximate surface area is 143 Å². The molecule has 2 bridgehead atoms. The lowest BCUT2D eigenvalue weighted by atomic mass is 10.0. The van der Waals surface area contributed by atoms with Crippen LogP contribution in [-0.2, 0) is 13.2 Å². The van der Waals surface area contributed by atoms with Crippen LogP contribution in [-0.4, -0.2) is 22.2 Å². The van der Waals surface area contributed by atoms with E-state index in [1.807, 2.05) is 12.1 Å². The Morgan fingerprint density at radius 3 is 2.17 bits per heavy atom. The molecule has 126 valence electrons. The molecule has 0 fully saturated rings. The lowest BCUT2D eigenvalue weighted by Crippen LogP contribution is -2.09. The topological polar surface area (TPSA) is 110 Å². The summed E-state index contributed by atoms with van der Waals surface area (Å²) in [7, 11) is 0. The molecule has 2 aromatic carbocycles. The van der Waals surface area contributed by atoms with Crippen LogP contribution in [0, 0.1) is 6.92 Å². The number of carbonyl (C=O) groups is 2. The third-order valence-corrected chi connectivity index (χ3v) is 3.98. The molecule has 0 saturated heterocycles. The highest BCUT2D eigenvalue weighted by atomic mass is 35.5. The number of nitrogens with two attached hydrogens (primary N) is 1.